The summed E-state index contributed by atoms with van der Waals surface area (Å²) in [5, 5.41) is 6.46. The van der Waals surface area contributed by atoms with Gasteiger partial charge in [0.15, 0.2) is 5.96 Å². The number of nitrogens with zero attached hydrogens (tertiary/aromatic N) is 2. The summed E-state index contributed by atoms with van der Waals surface area (Å²) in [6.07, 6.45) is 5.41. The predicted molar refractivity (Wildman–Crippen MR) is 104 cm³/mol. The van der Waals surface area contributed by atoms with Crippen molar-refractivity contribution in [3.8, 4) is 0 Å². The first-order valence-electron chi connectivity index (χ1n) is 9.25. The van der Waals surface area contributed by atoms with Gasteiger partial charge >= 0.3 is 0 Å². The summed E-state index contributed by atoms with van der Waals surface area (Å²) in [6.45, 7) is 5.22. The van der Waals surface area contributed by atoms with Crippen molar-refractivity contribution in [3.05, 3.63) is 24.2 Å². The highest BCUT2D eigenvalue weighted by Crippen LogP contribution is 2.24. The Balaban J connectivity index is 1.83. The molecule has 0 aliphatic carbocycles. The summed E-state index contributed by atoms with van der Waals surface area (Å²) >= 11 is 0. The minimum Gasteiger partial charge on any atom is -0.468 e. The molecule has 1 aliphatic heterocycles. The number of aliphatic imine (C=N–C) groups is 1. The Morgan fingerprint density at radius 2 is 2.04 bits per heavy atom. The first-order valence-corrected chi connectivity index (χ1v) is 10.9. The number of guanidine groups is 1. The van der Waals surface area contributed by atoms with Gasteiger partial charge in [0.1, 0.15) is 5.76 Å². The molecule has 3 N–H and O–H groups in total. The molecule has 1 fully saturated rings. The average molecular weight is 386 g/mol. The van der Waals surface area contributed by atoms with E-state index in [2.05, 4.69) is 25.2 Å². The fraction of sp³-hybridized carbons (Fsp3) is 0.706. The van der Waals surface area contributed by atoms with Gasteiger partial charge in [-0.3, -0.25) is 9.89 Å². The summed E-state index contributed by atoms with van der Waals surface area (Å²) in [5.41, 5.74) is 0. The van der Waals surface area contributed by atoms with E-state index in [0.717, 1.165) is 18.8 Å². The van der Waals surface area contributed by atoms with Gasteiger partial charge in [0.25, 0.3) is 0 Å². The molecule has 0 bridgehead atoms. The molecule has 0 amide bonds. The monoisotopic (exact) mass is 385 g/mol. The number of hydrogen-bond donors (Lipinski definition) is 3. The molecule has 8 nitrogen and oxygen atoms in total. The summed E-state index contributed by atoms with van der Waals surface area (Å²) in [4.78, 5) is 6.65. The van der Waals surface area contributed by atoms with Crippen molar-refractivity contribution in [1.82, 2.24) is 20.3 Å². The van der Waals surface area contributed by atoms with Crippen LogP contribution >= 0.6 is 0 Å². The van der Waals surface area contributed by atoms with Crippen molar-refractivity contribution in [3.63, 3.8) is 0 Å². The lowest BCUT2D eigenvalue weighted by atomic mass is 10.1. The first kappa shape index (κ1) is 20.7. The van der Waals surface area contributed by atoms with Crippen molar-refractivity contribution in [2.45, 2.75) is 32.2 Å². The molecule has 26 heavy (non-hydrogen) atoms. The minimum absolute atomic E-state index is 0.0840. The molecule has 0 radical (unpaired) electrons. The van der Waals surface area contributed by atoms with Crippen LogP contribution in [0.5, 0.6) is 0 Å². The lowest BCUT2D eigenvalue weighted by Crippen LogP contribution is -2.46. The van der Waals surface area contributed by atoms with Gasteiger partial charge in [-0.25, -0.2) is 13.1 Å². The number of piperidine rings is 1. The number of nitrogens with one attached hydrogen (secondary N) is 3. The molecular formula is C17H31N5O3S. The molecular weight excluding hydrogens is 354 g/mol. The van der Waals surface area contributed by atoms with Crippen LogP contribution in [0.25, 0.3) is 0 Å². The highest BCUT2D eigenvalue weighted by molar-refractivity contribution is 7.89. The third-order valence-corrected chi connectivity index (χ3v) is 5.91. The van der Waals surface area contributed by atoms with Crippen molar-refractivity contribution in [2.75, 3.05) is 45.5 Å². The Morgan fingerprint density at radius 1 is 1.27 bits per heavy atom. The number of likely N-dealkylation sites (tertiary alicyclic amines) is 1. The molecule has 148 valence electrons. The smallest absolute Gasteiger partial charge is 0.211 e. The zero-order valence-electron chi connectivity index (χ0n) is 15.7. The quantitative estimate of drug-likeness (QED) is 0.332. The third-order valence-electron chi connectivity index (χ3n) is 4.51. The minimum atomic E-state index is -3.16. The Hall–Kier alpha value is -1.58. The van der Waals surface area contributed by atoms with Crippen LogP contribution in [0, 0.1) is 0 Å². The highest BCUT2D eigenvalue weighted by Gasteiger charge is 2.24. The van der Waals surface area contributed by atoms with E-state index in [1.807, 2.05) is 12.1 Å². The lowest BCUT2D eigenvalue weighted by molar-refractivity contribution is 0.146. The summed E-state index contributed by atoms with van der Waals surface area (Å²) in [6, 6.07) is 4.08. The van der Waals surface area contributed by atoms with Crippen LogP contribution in [0.1, 0.15) is 38.0 Å². The second-order valence-corrected chi connectivity index (χ2v) is 8.40. The van der Waals surface area contributed by atoms with Gasteiger partial charge < -0.3 is 15.1 Å². The van der Waals surface area contributed by atoms with Gasteiger partial charge in [0.05, 0.1) is 18.1 Å². The number of furan rings is 1. The fourth-order valence-corrected chi connectivity index (χ4v) is 3.64. The first-order chi connectivity index (χ1) is 12.6. The average Bonchev–Trinajstić information content (AvgIpc) is 3.19. The molecule has 1 aromatic rings. The van der Waals surface area contributed by atoms with Crippen LogP contribution < -0.4 is 15.4 Å². The molecule has 1 atom stereocenters. The van der Waals surface area contributed by atoms with E-state index in [0.29, 0.717) is 25.6 Å². The van der Waals surface area contributed by atoms with Crippen LogP contribution in [0.15, 0.2) is 27.8 Å². The molecule has 9 heteroatoms. The van der Waals surface area contributed by atoms with Crippen molar-refractivity contribution >= 4 is 16.0 Å². The number of sulfonamides is 1. The molecule has 2 heterocycles. The molecule has 0 aromatic carbocycles. The molecule has 1 aliphatic rings. The van der Waals surface area contributed by atoms with E-state index in [1.54, 1.807) is 20.2 Å². The fourth-order valence-electron chi connectivity index (χ4n) is 3.02. The molecule has 1 saturated heterocycles. The molecule has 0 spiro atoms. The Bertz CT molecular complexity index is 639. The third kappa shape index (κ3) is 6.62. The normalized spacial score (nSPS) is 17.8. The van der Waals surface area contributed by atoms with E-state index in [9.17, 15) is 8.42 Å². The summed E-state index contributed by atoms with van der Waals surface area (Å²) < 4.78 is 31.0. The molecule has 2 rings (SSSR count). The van der Waals surface area contributed by atoms with Crippen LogP contribution in [0.3, 0.4) is 0 Å². The van der Waals surface area contributed by atoms with Crippen molar-refractivity contribution in [1.29, 1.82) is 0 Å². The second kappa shape index (κ2) is 10.5. The zero-order valence-corrected chi connectivity index (χ0v) is 16.5. The molecule has 1 aromatic heterocycles. The maximum atomic E-state index is 11.4. The van der Waals surface area contributed by atoms with Crippen LogP contribution in [-0.2, 0) is 10.0 Å². The Kier molecular flexibility index (Phi) is 8.40. The van der Waals surface area contributed by atoms with Crippen molar-refractivity contribution < 1.29 is 12.8 Å². The predicted octanol–water partition coefficient (Wildman–Crippen LogP) is 0.911. The van der Waals surface area contributed by atoms with E-state index in [4.69, 9.17) is 4.42 Å². The zero-order chi connectivity index (χ0) is 18.8. The van der Waals surface area contributed by atoms with Gasteiger partial charge in [-0.15, -0.1) is 0 Å². The maximum Gasteiger partial charge on any atom is 0.211 e. The van der Waals surface area contributed by atoms with Crippen molar-refractivity contribution in [2.24, 2.45) is 4.99 Å². The number of rotatable bonds is 9. The highest BCUT2D eigenvalue weighted by atomic mass is 32.2. The van der Waals surface area contributed by atoms with Crippen LogP contribution in [-0.4, -0.2) is 64.8 Å². The van der Waals surface area contributed by atoms with Gasteiger partial charge in [-0.05, 0) is 45.0 Å². The van der Waals surface area contributed by atoms with Gasteiger partial charge in [-0.1, -0.05) is 6.42 Å². The maximum absolute atomic E-state index is 11.4. The van der Waals surface area contributed by atoms with Crippen LogP contribution in [0.4, 0.5) is 0 Å². The Morgan fingerprint density at radius 3 is 2.65 bits per heavy atom. The lowest BCUT2D eigenvalue weighted by Gasteiger charge is -2.33. The van der Waals surface area contributed by atoms with Gasteiger partial charge in [0.2, 0.25) is 10.0 Å². The van der Waals surface area contributed by atoms with E-state index >= 15 is 0 Å². The van der Waals surface area contributed by atoms with Crippen LogP contribution in [0.2, 0.25) is 0 Å². The second-order valence-electron chi connectivity index (χ2n) is 6.31. The van der Waals surface area contributed by atoms with E-state index in [-0.39, 0.29) is 11.8 Å². The largest absolute Gasteiger partial charge is 0.468 e. The van der Waals surface area contributed by atoms with Gasteiger partial charge in [0, 0.05) is 26.7 Å². The molecule has 1 unspecified atom stereocenters. The molecule has 0 saturated carbocycles. The topological polar surface area (TPSA) is 99.0 Å². The summed E-state index contributed by atoms with van der Waals surface area (Å²) in [5.74, 6) is 1.68. The number of hydrogen-bond acceptors (Lipinski definition) is 5. The summed E-state index contributed by atoms with van der Waals surface area (Å²) in [7, 11) is -1.46. The SMILES string of the molecule is CCS(=O)(=O)NCCNC(=NC)NCC(c1ccco1)N1CCCCC1. The van der Waals surface area contributed by atoms with Gasteiger partial charge in [-0.2, -0.15) is 0 Å². The van der Waals surface area contributed by atoms with E-state index < -0.39 is 10.0 Å². The Labute approximate surface area is 156 Å². The van der Waals surface area contributed by atoms with E-state index in [1.165, 1.54) is 19.3 Å². The standard InChI is InChI=1S/C17H31N5O3S/c1-3-26(23,24)21-10-9-19-17(18-2)20-14-15(16-8-7-13-25-16)22-11-5-4-6-12-22/h7-8,13,15,21H,3-6,9-12,14H2,1-2H3,(H2,18,19,20).